The highest BCUT2D eigenvalue weighted by molar-refractivity contribution is 7.11. The number of thiazole rings is 1. The van der Waals surface area contributed by atoms with Crippen LogP contribution in [0.2, 0.25) is 0 Å². The third-order valence-corrected chi connectivity index (χ3v) is 3.56. The van der Waals surface area contributed by atoms with Gasteiger partial charge in [0.1, 0.15) is 0 Å². The third kappa shape index (κ3) is 3.27. The molecule has 0 radical (unpaired) electrons. The molecule has 0 aromatic carbocycles. The van der Waals surface area contributed by atoms with Crippen LogP contribution in [0, 0.1) is 5.92 Å². The van der Waals surface area contributed by atoms with Gasteiger partial charge in [0.2, 0.25) is 0 Å². The lowest BCUT2D eigenvalue weighted by atomic mass is 10.0. The molecule has 0 bridgehead atoms. The van der Waals surface area contributed by atoms with E-state index in [0.29, 0.717) is 19.1 Å². The van der Waals surface area contributed by atoms with Gasteiger partial charge in [-0.3, -0.25) is 4.79 Å². The van der Waals surface area contributed by atoms with Crippen LogP contribution in [0.15, 0.2) is 5.38 Å². The van der Waals surface area contributed by atoms with Crippen molar-refractivity contribution in [2.45, 2.75) is 12.8 Å². The highest BCUT2D eigenvalue weighted by Crippen LogP contribution is 2.13. The Morgan fingerprint density at radius 1 is 1.61 bits per heavy atom. The molecular formula is C11H14N2O4S. The molecular weight excluding hydrogens is 256 g/mol. The summed E-state index contributed by atoms with van der Waals surface area (Å²) in [6.07, 6.45) is 2.06. The molecule has 0 spiro atoms. The van der Waals surface area contributed by atoms with Gasteiger partial charge < -0.3 is 15.2 Å². The number of carbonyl (C=O) groups is 2. The Labute approximate surface area is 108 Å². The van der Waals surface area contributed by atoms with Crippen molar-refractivity contribution < 1.29 is 19.4 Å². The summed E-state index contributed by atoms with van der Waals surface area (Å²) in [5.41, 5.74) is -0.0915. The molecule has 6 nitrogen and oxygen atoms in total. The summed E-state index contributed by atoms with van der Waals surface area (Å²) in [6, 6.07) is 0. The van der Waals surface area contributed by atoms with Crippen LogP contribution in [0.3, 0.4) is 0 Å². The largest absolute Gasteiger partial charge is 0.476 e. The minimum absolute atomic E-state index is 0.0915. The van der Waals surface area contributed by atoms with Gasteiger partial charge in [-0.2, -0.15) is 0 Å². The van der Waals surface area contributed by atoms with E-state index in [0.717, 1.165) is 30.8 Å². The zero-order valence-electron chi connectivity index (χ0n) is 9.72. The zero-order valence-corrected chi connectivity index (χ0v) is 10.5. The normalized spacial score (nSPS) is 19.4. The van der Waals surface area contributed by atoms with Gasteiger partial charge >= 0.3 is 5.97 Å². The third-order valence-electron chi connectivity index (χ3n) is 2.72. The molecule has 1 aromatic heterocycles. The fourth-order valence-corrected chi connectivity index (χ4v) is 2.46. The average molecular weight is 270 g/mol. The molecule has 2 rings (SSSR count). The van der Waals surface area contributed by atoms with Crippen LogP contribution < -0.4 is 5.32 Å². The van der Waals surface area contributed by atoms with Crippen LogP contribution >= 0.6 is 11.3 Å². The fourth-order valence-electron chi connectivity index (χ4n) is 1.76. The lowest BCUT2D eigenvalue weighted by Crippen LogP contribution is -2.33. The molecule has 1 saturated heterocycles. The van der Waals surface area contributed by atoms with Gasteiger partial charge in [0, 0.05) is 18.5 Å². The summed E-state index contributed by atoms with van der Waals surface area (Å²) in [5.74, 6) is -1.11. The van der Waals surface area contributed by atoms with Gasteiger partial charge in [-0.05, 0) is 18.8 Å². The summed E-state index contributed by atoms with van der Waals surface area (Å²) in [6.45, 7) is 2.00. The second-order valence-electron chi connectivity index (χ2n) is 4.14. The first-order valence-electron chi connectivity index (χ1n) is 5.71. The van der Waals surface area contributed by atoms with Crippen molar-refractivity contribution in [2.75, 3.05) is 19.8 Å². The Balaban J connectivity index is 1.84. The molecule has 1 aromatic rings. The molecule has 1 aliphatic heterocycles. The highest BCUT2D eigenvalue weighted by atomic mass is 32.1. The molecule has 0 saturated carbocycles. The van der Waals surface area contributed by atoms with Gasteiger partial charge in [0.25, 0.3) is 5.91 Å². The molecule has 2 heterocycles. The van der Waals surface area contributed by atoms with E-state index in [1.165, 1.54) is 5.38 Å². The Morgan fingerprint density at radius 3 is 3.06 bits per heavy atom. The van der Waals surface area contributed by atoms with Crippen LogP contribution in [0.25, 0.3) is 0 Å². The highest BCUT2D eigenvalue weighted by Gasteiger charge is 2.18. The van der Waals surface area contributed by atoms with Crippen LogP contribution in [0.5, 0.6) is 0 Å². The quantitative estimate of drug-likeness (QED) is 0.852. The maximum Gasteiger partial charge on any atom is 0.355 e. The predicted molar refractivity (Wildman–Crippen MR) is 64.9 cm³/mol. The topological polar surface area (TPSA) is 88.5 Å². The number of nitrogens with zero attached hydrogens (tertiary/aromatic N) is 1. The number of hydrogen-bond donors (Lipinski definition) is 2. The SMILES string of the molecule is O=C(O)c1csc(C(=O)NCC2CCCOC2)n1. The first-order chi connectivity index (χ1) is 8.66. The van der Waals surface area contributed by atoms with Crippen molar-refractivity contribution in [3.8, 4) is 0 Å². The number of carboxylic acid groups (broad SMARTS) is 1. The minimum atomic E-state index is -1.12. The number of aromatic carboxylic acids is 1. The molecule has 0 aliphatic carbocycles. The van der Waals surface area contributed by atoms with Crippen molar-refractivity contribution in [2.24, 2.45) is 5.92 Å². The standard InChI is InChI=1S/C11H14N2O4S/c14-9(10-13-8(6-18-10)11(15)16)12-4-7-2-1-3-17-5-7/h6-7H,1-5H2,(H,12,14)(H,15,16). The molecule has 1 unspecified atom stereocenters. The molecule has 7 heteroatoms. The minimum Gasteiger partial charge on any atom is -0.476 e. The zero-order chi connectivity index (χ0) is 13.0. The van der Waals surface area contributed by atoms with E-state index in [4.69, 9.17) is 9.84 Å². The van der Waals surface area contributed by atoms with Crippen molar-refractivity contribution in [3.05, 3.63) is 16.1 Å². The number of carboxylic acids is 1. The lowest BCUT2D eigenvalue weighted by molar-refractivity contribution is 0.0536. The molecule has 18 heavy (non-hydrogen) atoms. The van der Waals surface area contributed by atoms with E-state index in [-0.39, 0.29) is 16.6 Å². The van der Waals surface area contributed by atoms with Crippen molar-refractivity contribution in [1.82, 2.24) is 10.3 Å². The van der Waals surface area contributed by atoms with E-state index in [9.17, 15) is 9.59 Å². The van der Waals surface area contributed by atoms with E-state index in [1.54, 1.807) is 0 Å². The number of amides is 1. The van der Waals surface area contributed by atoms with E-state index in [1.807, 2.05) is 0 Å². The van der Waals surface area contributed by atoms with Gasteiger partial charge in [-0.25, -0.2) is 9.78 Å². The summed E-state index contributed by atoms with van der Waals surface area (Å²) in [7, 11) is 0. The average Bonchev–Trinajstić information content (AvgIpc) is 2.87. The second-order valence-corrected chi connectivity index (χ2v) is 4.99. The fraction of sp³-hybridized carbons (Fsp3) is 0.545. The lowest BCUT2D eigenvalue weighted by Gasteiger charge is -2.21. The Morgan fingerprint density at radius 2 is 2.44 bits per heavy atom. The first-order valence-corrected chi connectivity index (χ1v) is 6.59. The van der Waals surface area contributed by atoms with E-state index in [2.05, 4.69) is 10.3 Å². The summed E-state index contributed by atoms with van der Waals surface area (Å²) < 4.78 is 5.31. The monoisotopic (exact) mass is 270 g/mol. The van der Waals surface area contributed by atoms with Crippen LogP contribution in [-0.4, -0.2) is 41.7 Å². The molecule has 1 fully saturated rings. The maximum atomic E-state index is 11.7. The van der Waals surface area contributed by atoms with Gasteiger partial charge in [-0.15, -0.1) is 11.3 Å². The Bertz CT molecular complexity index is 440. The number of carbonyl (C=O) groups excluding carboxylic acids is 1. The summed E-state index contributed by atoms with van der Waals surface area (Å²) >= 11 is 1.04. The second kappa shape index (κ2) is 5.92. The van der Waals surface area contributed by atoms with Gasteiger partial charge in [0.15, 0.2) is 10.7 Å². The predicted octanol–water partition coefficient (Wildman–Crippen LogP) is 0.998. The number of hydrogen-bond acceptors (Lipinski definition) is 5. The summed E-state index contributed by atoms with van der Waals surface area (Å²) in [4.78, 5) is 26.1. The van der Waals surface area contributed by atoms with Gasteiger partial charge in [0.05, 0.1) is 6.61 Å². The smallest absolute Gasteiger partial charge is 0.355 e. The number of aromatic nitrogens is 1. The van der Waals surface area contributed by atoms with E-state index < -0.39 is 5.97 Å². The van der Waals surface area contributed by atoms with Crippen LogP contribution in [0.1, 0.15) is 33.1 Å². The van der Waals surface area contributed by atoms with Crippen molar-refractivity contribution in [3.63, 3.8) is 0 Å². The van der Waals surface area contributed by atoms with Crippen molar-refractivity contribution >= 4 is 23.2 Å². The number of ether oxygens (including phenoxy) is 1. The maximum absolute atomic E-state index is 11.7. The molecule has 1 aliphatic rings. The Kier molecular flexibility index (Phi) is 4.27. The van der Waals surface area contributed by atoms with Gasteiger partial charge in [-0.1, -0.05) is 0 Å². The van der Waals surface area contributed by atoms with Crippen LogP contribution in [0.4, 0.5) is 0 Å². The molecule has 98 valence electrons. The Hall–Kier alpha value is -1.47. The molecule has 1 amide bonds. The van der Waals surface area contributed by atoms with Crippen molar-refractivity contribution in [1.29, 1.82) is 0 Å². The molecule has 1 atom stereocenters. The summed E-state index contributed by atoms with van der Waals surface area (Å²) in [5, 5.41) is 13.0. The number of nitrogens with one attached hydrogen (secondary N) is 1. The van der Waals surface area contributed by atoms with Crippen LogP contribution in [-0.2, 0) is 4.74 Å². The van der Waals surface area contributed by atoms with E-state index >= 15 is 0 Å². The molecule has 2 N–H and O–H groups in total. The number of rotatable bonds is 4. The first kappa shape index (κ1) is 13.0.